The Morgan fingerprint density at radius 3 is 2.48 bits per heavy atom. The summed E-state index contributed by atoms with van der Waals surface area (Å²) < 4.78 is 0. The average Bonchev–Trinajstić information content (AvgIpc) is 2.94. The molecule has 1 heterocycles. The quantitative estimate of drug-likeness (QED) is 0.897. The van der Waals surface area contributed by atoms with Crippen LogP contribution in [0.3, 0.4) is 0 Å². The van der Waals surface area contributed by atoms with Gasteiger partial charge in [-0.25, -0.2) is 0 Å². The summed E-state index contributed by atoms with van der Waals surface area (Å²) in [7, 11) is 0. The van der Waals surface area contributed by atoms with Crippen molar-refractivity contribution in [3.05, 3.63) is 65.2 Å². The van der Waals surface area contributed by atoms with E-state index in [2.05, 4.69) is 5.32 Å². The number of nitrogens with one attached hydrogen (secondary N) is 1. The van der Waals surface area contributed by atoms with Gasteiger partial charge in [0.25, 0.3) is 5.91 Å². The molecule has 4 heteroatoms. The first-order valence-electron chi connectivity index (χ1n) is 8.77. The number of hydrogen-bond donors (Lipinski definition) is 1. The van der Waals surface area contributed by atoms with E-state index >= 15 is 0 Å². The lowest BCUT2D eigenvalue weighted by molar-refractivity contribution is -0.122. The van der Waals surface area contributed by atoms with Gasteiger partial charge < -0.3 is 10.2 Å². The SMILES string of the molecule is CC[C@@H](C)[C@@H](C(=O)Nc1ccc(C)cc1)N1Cc2ccccc2C1=O. The highest BCUT2D eigenvalue weighted by Crippen LogP contribution is 2.28. The molecule has 0 saturated heterocycles. The molecule has 0 bridgehead atoms. The maximum Gasteiger partial charge on any atom is 0.255 e. The van der Waals surface area contributed by atoms with Crippen molar-refractivity contribution in [3.8, 4) is 0 Å². The second-order valence-corrected chi connectivity index (χ2v) is 6.78. The summed E-state index contributed by atoms with van der Waals surface area (Å²) >= 11 is 0. The van der Waals surface area contributed by atoms with Crippen LogP contribution in [-0.2, 0) is 11.3 Å². The number of nitrogens with zero attached hydrogens (tertiary/aromatic N) is 1. The van der Waals surface area contributed by atoms with E-state index in [1.54, 1.807) is 4.90 Å². The maximum atomic E-state index is 13.0. The largest absolute Gasteiger partial charge is 0.324 e. The van der Waals surface area contributed by atoms with Gasteiger partial charge in [-0.3, -0.25) is 9.59 Å². The number of rotatable bonds is 5. The molecular formula is C21H24N2O2. The van der Waals surface area contributed by atoms with Crippen LogP contribution in [0, 0.1) is 12.8 Å². The molecule has 0 fully saturated rings. The fraction of sp³-hybridized carbons (Fsp3) is 0.333. The van der Waals surface area contributed by atoms with E-state index in [0.717, 1.165) is 23.2 Å². The van der Waals surface area contributed by atoms with Crippen molar-refractivity contribution in [2.75, 3.05) is 5.32 Å². The van der Waals surface area contributed by atoms with Crippen molar-refractivity contribution in [1.82, 2.24) is 4.90 Å². The molecule has 4 nitrogen and oxygen atoms in total. The zero-order chi connectivity index (χ0) is 18.0. The zero-order valence-electron chi connectivity index (χ0n) is 15.0. The third-order valence-electron chi connectivity index (χ3n) is 4.96. The van der Waals surface area contributed by atoms with Gasteiger partial charge in [0, 0.05) is 17.8 Å². The van der Waals surface area contributed by atoms with Gasteiger partial charge in [0.15, 0.2) is 0 Å². The first-order chi connectivity index (χ1) is 12.0. The van der Waals surface area contributed by atoms with Crippen molar-refractivity contribution in [2.45, 2.75) is 39.8 Å². The lowest BCUT2D eigenvalue weighted by atomic mass is 9.96. The minimum absolute atomic E-state index is 0.0556. The van der Waals surface area contributed by atoms with Gasteiger partial charge in [-0.2, -0.15) is 0 Å². The molecular weight excluding hydrogens is 312 g/mol. The number of amides is 2. The van der Waals surface area contributed by atoms with E-state index in [0.29, 0.717) is 12.1 Å². The Labute approximate surface area is 148 Å². The van der Waals surface area contributed by atoms with Crippen LogP contribution < -0.4 is 5.32 Å². The molecule has 0 unspecified atom stereocenters. The highest BCUT2D eigenvalue weighted by molar-refractivity contribution is 6.03. The summed E-state index contributed by atoms with van der Waals surface area (Å²) in [5, 5.41) is 2.98. The third-order valence-corrected chi connectivity index (χ3v) is 4.96. The Morgan fingerprint density at radius 2 is 1.84 bits per heavy atom. The Kier molecular flexibility index (Phi) is 4.88. The van der Waals surface area contributed by atoms with Crippen molar-refractivity contribution >= 4 is 17.5 Å². The number of hydrogen-bond acceptors (Lipinski definition) is 2. The number of fused-ring (bicyclic) bond motifs is 1. The molecule has 2 atom stereocenters. The summed E-state index contributed by atoms with van der Waals surface area (Å²) in [5.74, 6) is -0.108. The van der Waals surface area contributed by atoms with Crippen LogP contribution >= 0.6 is 0 Å². The van der Waals surface area contributed by atoms with Crippen LogP contribution in [0.4, 0.5) is 5.69 Å². The Bertz CT molecular complexity index is 783. The minimum atomic E-state index is -0.480. The molecule has 2 aromatic rings. The monoisotopic (exact) mass is 336 g/mol. The molecule has 1 aliphatic rings. The average molecular weight is 336 g/mol. The molecule has 0 spiro atoms. The Morgan fingerprint density at radius 1 is 1.16 bits per heavy atom. The zero-order valence-corrected chi connectivity index (χ0v) is 15.0. The topological polar surface area (TPSA) is 49.4 Å². The van der Waals surface area contributed by atoms with Crippen LogP contribution in [0.5, 0.6) is 0 Å². The number of aryl methyl sites for hydroxylation is 1. The number of benzene rings is 2. The van der Waals surface area contributed by atoms with E-state index in [4.69, 9.17) is 0 Å². The van der Waals surface area contributed by atoms with Gasteiger partial charge >= 0.3 is 0 Å². The van der Waals surface area contributed by atoms with E-state index in [1.165, 1.54) is 0 Å². The van der Waals surface area contributed by atoms with Gasteiger partial charge in [0.2, 0.25) is 5.91 Å². The predicted molar refractivity (Wildman–Crippen MR) is 99.4 cm³/mol. The standard InChI is InChI=1S/C21H24N2O2/c1-4-15(3)19(20(24)22-17-11-9-14(2)10-12-17)23-13-16-7-5-6-8-18(16)21(23)25/h5-12,15,19H,4,13H2,1-3H3,(H,22,24)/t15-,19+/m1/s1. The third kappa shape index (κ3) is 3.43. The summed E-state index contributed by atoms with van der Waals surface area (Å²) in [6.45, 7) is 6.57. The van der Waals surface area contributed by atoms with Crippen molar-refractivity contribution in [3.63, 3.8) is 0 Å². The minimum Gasteiger partial charge on any atom is -0.324 e. The van der Waals surface area contributed by atoms with E-state index in [9.17, 15) is 9.59 Å². The van der Waals surface area contributed by atoms with Gasteiger partial charge in [-0.05, 0) is 36.6 Å². The highest BCUT2D eigenvalue weighted by atomic mass is 16.2. The number of carbonyl (C=O) groups excluding carboxylic acids is 2. The van der Waals surface area contributed by atoms with Crippen LogP contribution in [0.15, 0.2) is 48.5 Å². The normalized spacial score (nSPS) is 15.6. The van der Waals surface area contributed by atoms with E-state index < -0.39 is 6.04 Å². The summed E-state index contributed by atoms with van der Waals surface area (Å²) in [6, 6.07) is 14.8. The van der Waals surface area contributed by atoms with Crippen LogP contribution in [0.2, 0.25) is 0 Å². The highest BCUT2D eigenvalue weighted by Gasteiger charge is 2.38. The summed E-state index contributed by atoms with van der Waals surface area (Å²) in [6.07, 6.45) is 0.826. The Hall–Kier alpha value is -2.62. The molecule has 2 amide bonds. The lowest BCUT2D eigenvalue weighted by Crippen LogP contribution is -2.48. The second kappa shape index (κ2) is 7.09. The predicted octanol–water partition coefficient (Wildman–Crippen LogP) is 4.00. The van der Waals surface area contributed by atoms with Crippen LogP contribution in [-0.4, -0.2) is 22.8 Å². The van der Waals surface area contributed by atoms with Gasteiger partial charge in [-0.15, -0.1) is 0 Å². The van der Waals surface area contributed by atoms with Crippen molar-refractivity contribution < 1.29 is 9.59 Å². The van der Waals surface area contributed by atoms with Crippen molar-refractivity contribution in [1.29, 1.82) is 0 Å². The fourth-order valence-corrected chi connectivity index (χ4v) is 3.29. The van der Waals surface area contributed by atoms with E-state index in [-0.39, 0.29) is 17.7 Å². The van der Waals surface area contributed by atoms with Crippen LogP contribution in [0.25, 0.3) is 0 Å². The Balaban J connectivity index is 1.84. The molecule has 0 radical (unpaired) electrons. The molecule has 0 aliphatic carbocycles. The molecule has 0 aromatic heterocycles. The van der Waals surface area contributed by atoms with Crippen LogP contribution in [0.1, 0.15) is 41.8 Å². The molecule has 130 valence electrons. The first-order valence-corrected chi connectivity index (χ1v) is 8.77. The molecule has 1 N–H and O–H groups in total. The molecule has 2 aromatic carbocycles. The smallest absolute Gasteiger partial charge is 0.255 e. The fourth-order valence-electron chi connectivity index (χ4n) is 3.29. The number of carbonyl (C=O) groups is 2. The summed E-state index contributed by atoms with van der Waals surface area (Å²) in [4.78, 5) is 27.5. The molecule has 25 heavy (non-hydrogen) atoms. The van der Waals surface area contributed by atoms with Gasteiger partial charge in [0.05, 0.1) is 0 Å². The summed E-state index contributed by atoms with van der Waals surface area (Å²) in [5.41, 5.74) is 3.59. The maximum absolute atomic E-state index is 13.0. The first kappa shape index (κ1) is 17.2. The van der Waals surface area contributed by atoms with Crippen molar-refractivity contribution in [2.24, 2.45) is 5.92 Å². The van der Waals surface area contributed by atoms with Gasteiger partial charge in [-0.1, -0.05) is 56.2 Å². The molecule has 3 rings (SSSR count). The van der Waals surface area contributed by atoms with Gasteiger partial charge in [0.1, 0.15) is 6.04 Å². The number of anilines is 1. The van der Waals surface area contributed by atoms with E-state index in [1.807, 2.05) is 69.3 Å². The molecule has 1 aliphatic heterocycles. The lowest BCUT2D eigenvalue weighted by Gasteiger charge is -2.31. The molecule has 0 saturated carbocycles. The second-order valence-electron chi connectivity index (χ2n) is 6.78.